The van der Waals surface area contributed by atoms with E-state index in [-0.39, 0.29) is 0 Å². The molecule has 1 heterocycles. The van der Waals surface area contributed by atoms with E-state index < -0.39 is 0 Å². The van der Waals surface area contributed by atoms with Crippen molar-refractivity contribution in [2.75, 3.05) is 13.6 Å². The van der Waals surface area contributed by atoms with Crippen molar-refractivity contribution in [1.82, 2.24) is 4.90 Å². The fourth-order valence-corrected chi connectivity index (χ4v) is 3.64. The molecule has 1 aliphatic heterocycles. The van der Waals surface area contributed by atoms with Gasteiger partial charge in [0.1, 0.15) is 0 Å². The van der Waals surface area contributed by atoms with Gasteiger partial charge in [-0.2, -0.15) is 0 Å². The van der Waals surface area contributed by atoms with Crippen LogP contribution in [-0.4, -0.2) is 24.5 Å². The molecule has 1 heteroatoms. The zero-order valence-corrected chi connectivity index (χ0v) is 14.3. The van der Waals surface area contributed by atoms with Crippen LogP contribution in [0.4, 0.5) is 0 Å². The van der Waals surface area contributed by atoms with Gasteiger partial charge in [0, 0.05) is 6.04 Å². The third kappa shape index (κ3) is 5.47. The van der Waals surface area contributed by atoms with Crippen LogP contribution >= 0.6 is 0 Å². The molecular formula is C20H33N. The molecule has 1 atom stereocenters. The van der Waals surface area contributed by atoms with Crippen LogP contribution in [-0.2, 0) is 6.42 Å². The molecule has 0 aliphatic carbocycles. The van der Waals surface area contributed by atoms with Gasteiger partial charge < -0.3 is 4.90 Å². The van der Waals surface area contributed by atoms with E-state index in [4.69, 9.17) is 0 Å². The van der Waals surface area contributed by atoms with E-state index in [1.165, 1.54) is 75.5 Å². The van der Waals surface area contributed by atoms with Crippen molar-refractivity contribution in [3.8, 4) is 0 Å². The van der Waals surface area contributed by atoms with Crippen molar-refractivity contribution in [3.05, 3.63) is 34.9 Å². The van der Waals surface area contributed by atoms with Crippen molar-refractivity contribution >= 4 is 0 Å². The molecule has 1 aromatic carbocycles. The quantitative estimate of drug-likeness (QED) is 0.588. The zero-order chi connectivity index (χ0) is 15.1. The smallest absolute Gasteiger partial charge is 0.00926 e. The van der Waals surface area contributed by atoms with E-state index in [1.54, 1.807) is 5.56 Å². The normalized spacial score (nSPS) is 19.3. The second kappa shape index (κ2) is 8.58. The Bertz CT molecular complexity index is 424. The predicted molar refractivity (Wildman–Crippen MR) is 93.0 cm³/mol. The monoisotopic (exact) mass is 287 g/mol. The maximum absolute atomic E-state index is 2.56. The van der Waals surface area contributed by atoms with Gasteiger partial charge in [0.25, 0.3) is 0 Å². The van der Waals surface area contributed by atoms with Gasteiger partial charge in [-0.15, -0.1) is 0 Å². The van der Waals surface area contributed by atoms with E-state index in [9.17, 15) is 0 Å². The summed E-state index contributed by atoms with van der Waals surface area (Å²) < 4.78 is 0. The topological polar surface area (TPSA) is 3.24 Å². The summed E-state index contributed by atoms with van der Waals surface area (Å²) in [6, 6.07) is 7.74. The Morgan fingerprint density at radius 2 is 1.81 bits per heavy atom. The highest BCUT2D eigenvalue weighted by Gasteiger charge is 2.19. The summed E-state index contributed by atoms with van der Waals surface area (Å²) in [5.41, 5.74) is 4.42. The number of likely N-dealkylation sites (tertiary alicyclic amines) is 1. The van der Waals surface area contributed by atoms with Crippen LogP contribution in [0.25, 0.3) is 0 Å². The van der Waals surface area contributed by atoms with E-state index in [1.807, 2.05) is 0 Å². The Balaban J connectivity index is 1.53. The van der Waals surface area contributed by atoms with Gasteiger partial charge in [-0.3, -0.25) is 0 Å². The summed E-state index contributed by atoms with van der Waals surface area (Å²) in [4.78, 5) is 2.56. The minimum atomic E-state index is 0.889. The molecule has 1 aromatic rings. The lowest BCUT2D eigenvalue weighted by atomic mass is 9.99. The standard InChI is InChI=1S/C20H33N/c1-17-13-14-18(2)19(16-17)10-7-5-4-6-8-11-20-12-9-15-21(20)3/h13-14,16,20H,4-12,15H2,1-3H3. The second-order valence-corrected chi connectivity index (χ2v) is 7.01. The lowest BCUT2D eigenvalue weighted by Crippen LogP contribution is -2.24. The van der Waals surface area contributed by atoms with Crippen LogP contribution in [0.1, 0.15) is 68.1 Å². The fourth-order valence-electron chi connectivity index (χ4n) is 3.64. The first-order valence-electron chi connectivity index (χ1n) is 8.93. The molecule has 1 nitrogen and oxygen atoms in total. The Hall–Kier alpha value is -0.820. The van der Waals surface area contributed by atoms with Gasteiger partial charge >= 0.3 is 0 Å². The number of rotatable bonds is 8. The maximum Gasteiger partial charge on any atom is 0.00926 e. The molecule has 118 valence electrons. The molecule has 1 fully saturated rings. The highest BCUT2D eigenvalue weighted by molar-refractivity contribution is 5.30. The average molecular weight is 287 g/mol. The molecule has 1 saturated heterocycles. The lowest BCUT2D eigenvalue weighted by molar-refractivity contribution is 0.289. The van der Waals surface area contributed by atoms with Crippen molar-refractivity contribution in [3.63, 3.8) is 0 Å². The zero-order valence-electron chi connectivity index (χ0n) is 14.3. The molecule has 0 aromatic heterocycles. The minimum absolute atomic E-state index is 0.889. The lowest BCUT2D eigenvalue weighted by Gasteiger charge is -2.18. The third-order valence-corrected chi connectivity index (χ3v) is 5.16. The van der Waals surface area contributed by atoms with E-state index in [0.29, 0.717) is 0 Å². The largest absolute Gasteiger partial charge is 0.303 e. The Kier molecular flexibility index (Phi) is 6.76. The molecule has 0 spiro atoms. The maximum atomic E-state index is 2.56. The van der Waals surface area contributed by atoms with Crippen LogP contribution in [0.2, 0.25) is 0 Å². The van der Waals surface area contributed by atoms with Gasteiger partial charge in [-0.25, -0.2) is 0 Å². The van der Waals surface area contributed by atoms with Crippen LogP contribution < -0.4 is 0 Å². The summed E-state index contributed by atoms with van der Waals surface area (Å²) in [7, 11) is 2.29. The van der Waals surface area contributed by atoms with Gasteiger partial charge in [0.05, 0.1) is 0 Å². The van der Waals surface area contributed by atoms with Crippen LogP contribution in [0.15, 0.2) is 18.2 Å². The van der Waals surface area contributed by atoms with E-state index >= 15 is 0 Å². The molecule has 21 heavy (non-hydrogen) atoms. The predicted octanol–water partition coefficient (Wildman–Crippen LogP) is 5.28. The van der Waals surface area contributed by atoms with Gasteiger partial charge in [-0.1, -0.05) is 49.4 Å². The number of benzene rings is 1. The first kappa shape index (κ1) is 16.5. The fraction of sp³-hybridized carbons (Fsp3) is 0.700. The summed E-state index contributed by atoms with van der Waals surface area (Å²) in [6.07, 6.45) is 12.6. The molecule has 1 unspecified atom stereocenters. The van der Waals surface area contributed by atoms with E-state index in [2.05, 4.69) is 44.0 Å². The van der Waals surface area contributed by atoms with Crippen LogP contribution in [0.3, 0.4) is 0 Å². The summed E-state index contributed by atoms with van der Waals surface area (Å²) >= 11 is 0. The highest BCUT2D eigenvalue weighted by atomic mass is 15.1. The summed E-state index contributed by atoms with van der Waals surface area (Å²) in [5, 5.41) is 0. The van der Waals surface area contributed by atoms with Crippen molar-refractivity contribution < 1.29 is 0 Å². The first-order valence-corrected chi connectivity index (χ1v) is 8.93. The number of hydrogen-bond acceptors (Lipinski definition) is 1. The Morgan fingerprint density at radius 3 is 2.57 bits per heavy atom. The molecule has 0 saturated carbocycles. The average Bonchev–Trinajstić information content (AvgIpc) is 2.87. The van der Waals surface area contributed by atoms with Gasteiger partial charge in [-0.05, 0) is 70.7 Å². The number of hydrogen-bond donors (Lipinski definition) is 0. The highest BCUT2D eigenvalue weighted by Crippen LogP contribution is 2.21. The summed E-state index contributed by atoms with van der Waals surface area (Å²) in [5.74, 6) is 0. The Labute approximate surface area is 131 Å². The third-order valence-electron chi connectivity index (χ3n) is 5.16. The minimum Gasteiger partial charge on any atom is -0.303 e. The van der Waals surface area contributed by atoms with Crippen LogP contribution in [0.5, 0.6) is 0 Å². The molecule has 2 rings (SSSR count). The molecule has 0 bridgehead atoms. The molecule has 0 amide bonds. The van der Waals surface area contributed by atoms with Crippen molar-refractivity contribution in [1.29, 1.82) is 0 Å². The first-order chi connectivity index (χ1) is 10.2. The van der Waals surface area contributed by atoms with Gasteiger partial charge in [0.2, 0.25) is 0 Å². The van der Waals surface area contributed by atoms with Crippen molar-refractivity contribution in [2.24, 2.45) is 0 Å². The Morgan fingerprint density at radius 1 is 1.05 bits per heavy atom. The number of aryl methyl sites for hydroxylation is 3. The van der Waals surface area contributed by atoms with Gasteiger partial charge in [0.15, 0.2) is 0 Å². The summed E-state index contributed by atoms with van der Waals surface area (Å²) in [6.45, 7) is 5.76. The van der Waals surface area contributed by atoms with Crippen molar-refractivity contribution in [2.45, 2.75) is 77.7 Å². The number of nitrogens with zero attached hydrogens (tertiary/aromatic N) is 1. The van der Waals surface area contributed by atoms with Crippen LogP contribution in [0, 0.1) is 13.8 Å². The molecular weight excluding hydrogens is 254 g/mol. The van der Waals surface area contributed by atoms with E-state index in [0.717, 1.165) is 6.04 Å². The molecule has 1 aliphatic rings. The molecule has 0 N–H and O–H groups in total. The SMILES string of the molecule is Cc1ccc(C)c(CCCCCCCC2CCCN2C)c1. The number of unbranched alkanes of at least 4 members (excludes halogenated alkanes) is 4. The second-order valence-electron chi connectivity index (χ2n) is 7.01. The molecule has 0 radical (unpaired) electrons.